The molecule has 160 valence electrons. The van der Waals surface area contributed by atoms with Crippen LogP contribution in [-0.2, 0) is 0 Å². The highest BCUT2D eigenvalue weighted by Crippen LogP contribution is 2.29. The quantitative estimate of drug-likeness (QED) is 0.157. The van der Waals surface area contributed by atoms with E-state index in [4.69, 9.17) is 5.73 Å². The standard InChI is InChI=1S/C12H9Br2N.C6H4BrI.C6H6BrN/c13-9-5-1-3-7-11(9)15-12-8-4-2-6-10(12)14;2*7-5-3-1-2-4-6(5)8/h1-8,15H;1-4H;1-4H,8H2. The maximum atomic E-state index is 5.47. The number of hydrogen-bond acceptors (Lipinski definition) is 2. The molecular formula is C24H19Br4IN2. The van der Waals surface area contributed by atoms with Gasteiger partial charge in [0.15, 0.2) is 0 Å². The molecule has 0 aliphatic rings. The Morgan fingerprint density at radius 1 is 0.516 bits per heavy atom. The number of hydrogen-bond donors (Lipinski definition) is 2. The van der Waals surface area contributed by atoms with E-state index >= 15 is 0 Å². The van der Waals surface area contributed by atoms with Gasteiger partial charge in [-0.05, 0) is 135 Å². The van der Waals surface area contributed by atoms with Crippen molar-refractivity contribution in [1.29, 1.82) is 0 Å². The molecule has 0 aromatic heterocycles. The Hall–Kier alpha value is -0.870. The van der Waals surface area contributed by atoms with Gasteiger partial charge >= 0.3 is 0 Å². The number of anilines is 3. The molecule has 4 rings (SSSR count). The summed E-state index contributed by atoms with van der Waals surface area (Å²) < 4.78 is 5.49. The van der Waals surface area contributed by atoms with Gasteiger partial charge < -0.3 is 11.1 Å². The minimum Gasteiger partial charge on any atom is -0.398 e. The van der Waals surface area contributed by atoms with Gasteiger partial charge in [-0.3, -0.25) is 0 Å². The fourth-order valence-electron chi connectivity index (χ4n) is 2.18. The van der Waals surface area contributed by atoms with Gasteiger partial charge in [0.25, 0.3) is 0 Å². The molecule has 0 radical (unpaired) electrons. The summed E-state index contributed by atoms with van der Waals surface area (Å²) in [5.41, 5.74) is 8.38. The predicted molar refractivity (Wildman–Crippen MR) is 157 cm³/mol. The van der Waals surface area contributed by atoms with Crippen LogP contribution in [0.4, 0.5) is 17.1 Å². The Labute approximate surface area is 230 Å². The molecule has 4 aromatic carbocycles. The fraction of sp³-hybridized carbons (Fsp3) is 0. The van der Waals surface area contributed by atoms with Crippen molar-refractivity contribution >= 4 is 103 Å². The smallest absolute Gasteiger partial charge is 0.0528 e. The summed E-state index contributed by atoms with van der Waals surface area (Å²) in [6, 6.07) is 31.8. The third-order valence-electron chi connectivity index (χ3n) is 3.75. The lowest BCUT2D eigenvalue weighted by molar-refractivity contribution is 1.50. The van der Waals surface area contributed by atoms with Crippen molar-refractivity contribution in [3.8, 4) is 0 Å². The second-order valence-electron chi connectivity index (χ2n) is 6.02. The van der Waals surface area contributed by atoms with Gasteiger partial charge in [0.05, 0.1) is 11.4 Å². The number of rotatable bonds is 2. The highest BCUT2D eigenvalue weighted by atomic mass is 127. The van der Waals surface area contributed by atoms with E-state index in [-0.39, 0.29) is 0 Å². The Morgan fingerprint density at radius 3 is 1.23 bits per heavy atom. The molecule has 0 saturated heterocycles. The topological polar surface area (TPSA) is 38.0 Å². The summed E-state index contributed by atoms with van der Waals surface area (Å²) in [6.45, 7) is 0. The van der Waals surface area contributed by atoms with Gasteiger partial charge in [-0.1, -0.05) is 48.5 Å². The number of nitrogens with one attached hydrogen (secondary N) is 1. The molecule has 0 aliphatic carbocycles. The molecule has 0 amide bonds. The average molecular weight is 782 g/mol. The number of halogens is 5. The van der Waals surface area contributed by atoms with E-state index in [1.807, 2.05) is 91.0 Å². The van der Waals surface area contributed by atoms with Crippen LogP contribution in [0.2, 0.25) is 0 Å². The van der Waals surface area contributed by atoms with Gasteiger partial charge in [-0.2, -0.15) is 0 Å². The van der Waals surface area contributed by atoms with Crippen LogP contribution in [-0.4, -0.2) is 0 Å². The van der Waals surface area contributed by atoms with Crippen molar-refractivity contribution in [3.05, 3.63) is 119 Å². The SMILES string of the molecule is Brc1ccccc1I.Brc1ccccc1Nc1ccccc1Br.Nc1ccccc1Br. The zero-order valence-corrected chi connectivity index (χ0v) is 24.7. The molecule has 0 saturated carbocycles. The van der Waals surface area contributed by atoms with Crippen molar-refractivity contribution in [2.45, 2.75) is 0 Å². The third-order valence-corrected chi connectivity index (χ3v) is 8.23. The van der Waals surface area contributed by atoms with Crippen LogP contribution in [0.3, 0.4) is 0 Å². The highest BCUT2D eigenvalue weighted by molar-refractivity contribution is 14.1. The molecule has 4 aromatic rings. The zero-order valence-electron chi connectivity index (χ0n) is 16.2. The normalized spacial score (nSPS) is 9.58. The van der Waals surface area contributed by atoms with Gasteiger partial charge in [-0.25, -0.2) is 0 Å². The van der Waals surface area contributed by atoms with E-state index in [0.29, 0.717) is 0 Å². The molecule has 0 fully saturated rings. The first-order chi connectivity index (χ1) is 14.9. The molecule has 0 atom stereocenters. The maximum absolute atomic E-state index is 5.47. The summed E-state index contributed by atoms with van der Waals surface area (Å²) in [7, 11) is 0. The number of benzene rings is 4. The van der Waals surface area contributed by atoms with Crippen LogP contribution in [0.1, 0.15) is 0 Å². The van der Waals surface area contributed by atoms with Crippen molar-refractivity contribution in [3.63, 3.8) is 0 Å². The van der Waals surface area contributed by atoms with E-state index in [9.17, 15) is 0 Å². The van der Waals surface area contributed by atoms with Crippen LogP contribution >= 0.6 is 86.3 Å². The monoisotopic (exact) mass is 778 g/mol. The van der Waals surface area contributed by atoms with Crippen molar-refractivity contribution in [2.24, 2.45) is 0 Å². The molecular weight excluding hydrogens is 763 g/mol. The van der Waals surface area contributed by atoms with Gasteiger partial charge in [0.1, 0.15) is 0 Å². The Morgan fingerprint density at radius 2 is 0.903 bits per heavy atom. The molecule has 0 bridgehead atoms. The second-order valence-corrected chi connectivity index (χ2v) is 10.6. The first-order valence-electron chi connectivity index (χ1n) is 9.04. The summed E-state index contributed by atoms with van der Waals surface area (Å²) in [5, 5.41) is 3.35. The van der Waals surface area contributed by atoms with Crippen LogP contribution in [0, 0.1) is 3.57 Å². The van der Waals surface area contributed by atoms with E-state index in [0.717, 1.165) is 30.5 Å². The number of nitrogens with two attached hydrogens (primary N) is 1. The molecule has 0 heterocycles. The second kappa shape index (κ2) is 14.3. The molecule has 31 heavy (non-hydrogen) atoms. The van der Waals surface area contributed by atoms with E-state index in [1.54, 1.807) is 0 Å². The van der Waals surface area contributed by atoms with Crippen LogP contribution in [0.25, 0.3) is 0 Å². The number of para-hydroxylation sites is 3. The van der Waals surface area contributed by atoms with Crippen LogP contribution in [0.5, 0.6) is 0 Å². The van der Waals surface area contributed by atoms with Gasteiger partial charge in [0, 0.05) is 27.1 Å². The Balaban J connectivity index is 0.000000181. The molecule has 0 spiro atoms. The molecule has 7 heteroatoms. The van der Waals surface area contributed by atoms with Crippen LogP contribution in [0.15, 0.2) is 115 Å². The lowest BCUT2D eigenvalue weighted by Crippen LogP contribution is -1.91. The third kappa shape index (κ3) is 9.65. The van der Waals surface area contributed by atoms with Crippen molar-refractivity contribution < 1.29 is 0 Å². The highest BCUT2D eigenvalue weighted by Gasteiger charge is 2.01. The molecule has 2 nitrogen and oxygen atoms in total. The summed E-state index contributed by atoms with van der Waals surface area (Å²) in [4.78, 5) is 0. The molecule has 3 N–H and O–H groups in total. The van der Waals surface area contributed by atoms with Gasteiger partial charge in [0.2, 0.25) is 0 Å². The van der Waals surface area contributed by atoms with Crippen molar-refractivity contribution in [2.75, 3.05) is 11.1 Å². The zero-order chi connectivity index (χ0) is 22.6. The molecule has 0 aliphatic heterocycles. The minimum atomic E-state index is 0.785. The Bertz CT molecular complexity index is 977. The maximum Gasteiger partial charge on any atom is 0.0528 e. The lowest BCUT2D eigenvalue weighted by Gasteiger charge is -2.09. The largest absolute Gasteiger partial charge is 0.398 e. The van der Waals surface area contributed by atoms with Crippen LogP contribution < -0.4 is 11.1 Å². The average Bonchev–Trinajstić information content (AvgIpc) is 2.76. The molecule has 0 unspecified atom stereocenters. The lowest BCUT2D eigenvalue weighted by atomic mass is 10.3. The first kappa shape index (κ1) is 26.4. The Kier molecular flexibility index (Phi) is 12.2. The van der Waals surface area contributed by atoms with E-state index in [2.05, 4.69) is 97.7 Å². The van der Waals surface area contributed by atoms with Crippen molar-refractivity contribution in [1.82, 2.24) is 0 Å². The number of nitrogen functional groups attached to an aromatic ring is 1. The summed E-state index contributed by atoms with van der Waals surface area (Å²) in [6.07, 6.45) is 0. The minimum absolute atomic E-state index is 0.785. The fourth-order valence-corrected chi connectivity index (χ4v) is 3.91. The summed E-state index contributed by atoms with van der Waals surface area (Å²) >= 11 is 15.9. The predicted octanol–water partition coefficient (Wildman–Crippen LogP) is 10.0. The summed E-state index contributed by atoms with van der Waals surface area (Å²) in [5.74, 6) is 0. The first-order valence-corrected chi connectivity index (χ1v) is 13.3. The van der Waals surface area contributed by atoms with Gasteiger partial charge in [-0.15, -0.1) is 0 Å². The van der Waals surface area contributed by atoms with E-state index < -0.39 is 0 Å². The van der Waals surface area contributed by atoms with E-state index in [1.165, 1.54) is 8.04 Å².